The minimum Gasteiger partial charge on any atom is -0.390 e. The zero-order valence-electron chi connectivity index (χ0n) is 13.2. The van der Waals surface area contributed by atoms with Crippen LogP contribution in [0.15, 0.2) is 18.3 Å². The lowest BCUT2D eigenvalue weighted by atomic mass is 9.96. The zero-order chi connectivity index (χ0) is 16.1. The van der Waals surface area contributed by atoms with E-state index >= 15 is 0 Å². The lowest BCUT2D eigenvalue weighted by Crippen LogP contribution is -2.49. The van der Waals surface area contributed by atoms with Crippen molar-refractivity contribution in [2.75, 3.05) is 45.9 Å². The lowest BCUT2D eigenvalue weighted by molar-refractivity contribution is -0.132. The van der Waals surface area contributed by atoms with Crippen molar-refractivity contribution in [3.63, 3.8) is 0 Å². The first-order valence-electron chi connectivity index (χ1n) is 7.23. The van der Waals surface area contributed by atoms with E-state index in [0.29, 0.717) is 25.3 Å². The van der Waals surface area contributed by atoms with Gasteiger partial charge >= 0.3 is 0 Å². The number of carbonyl (C=O) groups excluding carboxylic acids is 1. The highest BCUT2D eigenvalue weighted by molar-refractivity contribution is 5.94. The van der Waals surface area contributed by atoms with Gasteiger partial charge in [-0.1, -0.05) is 0 Å². The van der Waals surface area contributed by atoms with Crippen LogP contribution in [0.5, 0.6) is 0 Å². The van der Waals surface area contributed by atoms with Gasteiger partial charge in [0.25, 0.3) is 5.91 Å². The highest BCUT2D eigenvalue weighted by atomic mass is 16.5. The molecule has 0 aliphatic carbocycles. The van der Waals surface area contributed by atoms with E-state index in [9.17, 15) is 9.90 Å². The average Bonchev–Trinajstić information content (AvgIpc) is 2.53. The summed E-state index contributed by atoms with van der Waals surface area (Å²) in [6.07, 6.45) is 0.543. The first-order chi connectivity index (χ1) is 10.5. The fraction of sp³-hybridized carbons (Fsp3) is 0.600. The molecule has 1 aromatic heterocycles. The van der Waals surface area contributed by atoms with Crippen LogP contribution in [0.4, 0.5) is 5.82 Å². The zero-order valence-corrected chi connectivity index (χ0v) is 13.2. The number of rotatable bonds is 5. The van der Waals surface area contributed by atoms with E-state index in [4.69, 9.17) is 9.47 Å². The predicted octanol–water partition coefficient (Wildman–Crippen LogP) is -0.100. The minimum atomic E-state index is -0.645. The first kappa shape index (κ1) is 16.7. The van der Waals surface area contributed by atoms with Gasteiger partial charge in [-0.3, -0.25) is 4.79 Å². The Morgan fingerprint density at radius 3 is 2.86 bits per heavy atom. The average molecular weight is 309 g/mol. The Labute approximate surface area is 130 Å². The summed E-state index contributed by atoms with van der Waals surface area (Å²) < 4.78 is 10.5. The maximum Gasteiger partial charge on any atom is 0.252 e. The van der Waals surface area contributed by atoms with Crippen LogP contribution in [0.2, 0.25) is 0 Å². The minimum absolute atomic E-state index is 0.184. The third-order valence-electron chi connectivity index (χ3n) is 3.77. The first-order valence-corrected chi connectivity index (χ1v) is 7.23. The molecule has 2 heterocycles. The molecule has 2 rings (SSSR count). The molecule has 0 aromatic carbocycles. The number of aliphatic hydroxyl groups is 1. The van der Waals surface area contributed by atoms with E-state index < -0.39 is 6.10 Å². The third kappa shape index (κ3) is 3.94. The van der Waals surface area contributed by atoms with Crippen LogP contribution in [0, 0.1) is 5.92 Å². The second-order valence-corrected chi connectivity index (χ2v) is 5.57. The predicted molar refractivity (Wildman–Crippen MR) is 82.0 cm³/mol. The Balaban J connectivity index is 1.89. The summed E-state index contributed by atoms with van der Waals surface area (Å²) in [5.74, 6) is 0.386. The van der Waals surface area contributed by atoms with E-state index in [0.717, 1.165) is 5.82 Å². The number of hydrogen-bond donors (Lipinski definition) is 2. The number of amides is 1. The molecule has 0 unspecified atom stereocenters. The van der Waals surface area contributed by atoms with Gasteiger partial charge in [-0.15, -0.1) is 0 Å². The molecular weight excluding hydrogens is 286 g/mol. The van der Waals surface area contributed by atoms with E-state index in [1.165, 1.54) is 13.3 Å². The molecule has 122 valence electrons. The number of carbonyl (C=O) groups is 1. The Kier molecular flexibility index (Phi) is 5.70. The van der Waals surface area contributed by atoms with Crippen molar-refractivity contribution >= 4 is 11.7 Å². The van der Waals surface area contributed by atoms with Crippen LogP contribution in [-0.4, -0.2) is 69.2 Å². The SMILES string of the molecule is CO[C@@H]1COC[C@@H](CNC(=O)c2ccc(N(C)C)nc2)[C@@H]1O. The molecule has 0 radical (unpaired) electrons. The van der Waals surface area contributed by atoms with E-state index in [1.54, 1.807) is 12.1 Å². The number of hydrogen-bond acceptors (Lipinski definition) is 6. The summed E-state index contributed by atoms with van der Waals surface area (Å²) >= 11 is 0. The number of anilines is 1. The van der Waals surface area contributed by atoms with Gasteiger partial charge in [0.2, 0.25) is 0 Å². The molecule has 1 aromatic rings. The second kappa shape index (κ2) is 7.53. The summed E-state index contributed by atoms with van der Waals surface area (Å²) in [6, 6.07) is 3.51. The quantitative estimate of drug-likeness (QED) is 0.790. The summed E-state index contributed by atoms with van der Waals surface area (Å²) in [7, 11) is 5.31. The summed E-state index contributed by atoms with van der Waals surface area (Å²) in [4.78, 5) is 18.2. The normalized spacial score (nSPS) is 24.8. The topological polar surface area (TPSA) is 83.9 Å². The van der Waals surface area contributed by atoms with Gasteiger partial charge in [-0.2, -0.15) is 0 Å². The smallest absolute Gasteiger partial charge is 0.252 e. The van der Waals surface area contributed by atoms with Crippen LogP contribution < -0.4 is 10.2 Å². The molecule has 1 aliphatic rings. The molecule has 1 aliphatic heterocycles. The van der Waals surface area contributed by atoms with Crippen LogP contribution >= 0.6 is 0 Å². The Morgan fingerprint density at radius 1 is 1.50 bits per heavy atom. The maximum atomic E-state index is 12.1. The molecule has 1 saturated heterocycles. The number of nitrogens with one attached hydrogen (secondary N) is 1. The van der Waals surface area contributed by atoms with Crippen LogP contribution in [0.25, 0.3) is 0 Å². The van der Waals surface area contributed by atoms with Crippen molar-refractivity contribution in [3.8, 4) is 0 Å². The van der Waals surface area contributed by atoms with Crippen LogP contribution in [0.1, 0.15) is 10.4 Å². The molecule has 1 amide bonds. The molecule has 2 N–H and O–H groups in total. The van der Waals surface area contributed by atoms with Crippen molar-refractivity contribution in [1.29, 1.82) is 0 Å². The van der Waals surface area contributed by atoms with E-state index in [2.05, 4.69) is 10.3 Å². The number of aliphatic hydroxyl groups excluding tert-OH is 1. The third-order valence-corrected chi connectivity index (χ3v) is 3.77. The Bertz CT molecular complexity index is 492. The Hall–Kier alpha value is -1.70. The molecule has 22 heavy (non-hydrogen) atoms. The van der Waals surface area contributed by atoms with Crippen molar-refractivity contribution < 1.29 is 19.4 Å². The van der Waals surface area contributed by atoms with Crippen molar-refractivity contribution in [2.45, 2.75) is 12.2 Å². The van der Waals surface area contributed by atoms with E-state index in [1.807, 2.05) is 19.0 Å². The van der Waals surface area contributed by atoms with Crippen molar-refractivity contribution in [1.82, 2.24) is 10.3 Å². The monoisotopic (exact) mass is 309 g/mol. The number of methoxy groups -OCH3 is 1. The number of pyridine rings is 1. The molecule has 0 saturated carbocycles. The molecule has 1 fully saturated rings. The van der Waals surface area contributed by atoms with Gasteiger partial charge < -0.3 is 24.8 Å². The fourth-order valence-electron chi connectivity index (χ4n) is 2.33. The molecule has 7 nitrogen and oxygen atoms in total. The van der Waals surface area contributed by atoms with Crippen molar-refractivity contribution in [2.24, 2.45) is 5.92 Å². The molecule has 3 atom stereocenters. The Morgan fingerprint density at radius 2 is 2.27 bits per heavy atom. The van der Waals surface area contributed by atoms with Gasteiger partial charge in [0.1, 0.15) is 11.9 Å². The number of ether oxygens (including phenoxy) is 2. The summed E-state index contributed by atoms with van der Waals surface area (Å²) in [5.41, 5.74) is 0.486. The van der Waals surface area contributed by atoms with Crippen LogP contribution in [0.3, 0.4) is 0 Å². The molecule has 0 bridgehead atoms. The largest absolute Gasteiger partial charge is 0.390 e. The van der Waals surface area contributed by atoms with Crippen molar-refractivity contribution in [3.05, 3.63) is 23.9 Å². The number of nitrogens with zero attached hydrogens (tertiary/aromatic N) is 2. The number of aromatic nitrogens is 1. The standard InChI is InChI=1S/C15H23N3O4/c1-18(2)13-5-4-10(6-16-13)15(20)17-7-11-8-22-9-12(21-3)14(11)19/h4-6,11-12,14,19H,7-9H2,1-3H3,(H,17,20)/t11-,12-,14+/m1/s1. The van der Waals surface area contributed by atoms with E-state index in [-0.39, 0.29) is 17.9 Å². The van der Waals surface area contributed by atoms with Gasteiger partial charge in [-0.05, 0) is 12.1 Å². The maximum absolute atomic E-state index is 12.1. The summed E-state index contributed by atoms with van der Waals surface area (Å²) in [6.45, 7) is 1.10. The fourth-order valence-corrected chi connectivity index (χ4v) is 2.33. The van der Waals surface area contributed by atoms with Gasteiger partial charge in [-0.25, -0.2) is 4.98 Å². The van der Waals surface area contributed by atoms with Crippen LogP contribution in [-0.2, 0) is 9.47 Å². The second-order valence-electron chi connectivity index (χ2n) is 5.57. The van der Waals surface area contributed by atoms with Gasteiger partial charge in [0.15, 0.2) is 0 Å². The lowest BCUT2D eigenvalue weighted by Gasteiger charge is -2.33. The molecule has 0 spiro atoms. The highest BCUT2D eigenvalue weighted by Gasteiger charge is 2.32. The molecular formula is C15H23N3O4. The van der Waals surface area contributed by atoms with Gasteiger partial charge in [0, 0.05) is 39.9 Å². The highest BCUT2D eigenvalue weighted by Crippen LogP contribution is 2.17. The van der Waals surface area contributed by atoms with Gasteiger partial charge in [0.05, 0.1) is 24.9 Å². The molecule has 7 heteroatoms. The summed E-state index contributed by atoms with van der Waals surface area (Å²) in [5, 5.41) is 12.9.